The highest BCUT2D eigenvalue weighted by Gasteiger charge is 2.25. The molecule has 15 rings (SSSR count). The zero-order chi connectivity index (χ0) is 87.9. The van der Waals surface area contributed by atoms with Gasteiger partial charge in [-0.05, 0) is 205 Å². The number of halogens is 2. The van der Waals surface area contributed by atoms with Gasteiger partial charge in [-0.25, -0.2) is 51.7 Å². The van der Waals surface area contributed by atoms with E-state index in [1.807, 2.05) is 170 Å². The molecule has 0 atom stereocenters. The van der Waals surface area contributed by atoms with Crippen molar-refractivity contribution in [1.29, 1.82) is 0 Å². The van der Waals surface area contributed by atoms with Gasteiger partial charge in [0.05, 0.1) is 47.8 Å². The second kappa shape index (κ2) is 41.6. The molecule has 4 aromatic heterocycles. The Kier molecular flexibility index (Phi) is 31.0. The fourth-order valence-electron chi connectivity index (χ4n) is 10.4. The summed E-state index contributed by atoms with van der Waals surface area (Å²) in [5, 5.41) is 62.7. The molecule has 0 aliphatic heterocycles. The summed E-state index contributed by atoms with van der Waals surface area (Å²) in [7, 11) is 0.808. The lowest BCUT2D eigenvalue weighted by Gasteiger charge is -2.15. The number of anilines is 6. The molecule has 4 heterocycles. The molecule has 0 amide bonds. The van der Waals surface area contributed by atoms with Gasteiger partial charge >= 0.3 is 0 Å². The molecule has 0 fully saturated rings. The number of aryl methyl sites for hydroxylation is 4. The zero-order valence-corrected chi connectivity index (χ0v) is 73.3. The number of nitrogen functional groups attached to an aromatic ring is 2. The SMILES string of the molecule is Brc1cccc(Oc2ccccc2)c1.CN(C)S(=O)(=O)c1ccc(N)c(-c2nnn(C)n2)c1.CN(C)S(=O)(=O)c1ccc(Nc2cccc(Oc3ccccc3)c2)c(-c2nnn(C)n2)c1.CNS(=O)(=O)c1ccc(N)c(-c2nnn(C)n2)c1.CNS(=O)(=O)c1ccc(Nc2cccc(Oc3ccccc3)c2)c(-c2nnn(C)n2)c1.Oc1cccc(Br)c1. The normalized spacial score (nSPS) is 11.2. The van der Waals surface area contributed by atoms with Crippen molar-refractivity contribution in [3.8, 4) is 85.8 Å². The Morgan fingerprint density at radius 1 is 0.344 bits per heavy atom. The molecule has 36 nitrogen and oxygen atoms in total. The molecule has 0 saturated carbocycles. The highest BCUT2D eigenvalue weighted by atomic mass is 79.9. The Morgan fingerprint density at radius 2 is 0.639 bits per heavy atom. The monoisotopic (exact) mass is 1860 g/mol. The van der Waals surface area contributed by atoms with E-state index in [-0.39, 0.29) is 31.2 Å². The van der Waals surface area contributed by atoms with E-state index < -0.39 is 40.1 Å². The first kappa shape index (κ1) is 91.0. The largest absolute Gasteiger partial charge is 0.508 e. The van der Waals surface area contributed by atoms with E-state index in [1.165, 1.54) is 110 Å². The van der Waals surface area contributed by atoms with Crippen LogP contribution < -0.4 is 45.8 Å². The van der Waals surface area contributed by atoms with Crippen LogP contribution in [-0.2, 0) is 68.3 Å². The van der Waals surface area contributed by atoms with Gasteiger partial charge in [0.2, 0.25) is 63.4 Å². The lowest BCUT2D eigenvalue weighted by Crippen LogP contribution is -2.22. The van der Waals surface area contributed by atoms with Crippen LogP contribution in [0.1, 0.15) is 0 Å². The van der Waals surface area contributed by atoms with Crippen molar-refractivity contribution in [2.75, 3.05) is 64.4 Å². The van der Waals surface area contributed by atoms with Crippen molar-refractivity contribution in [3.05, 3.63) is 270 Å². The van der Waals surface area contributed by atoms with Crippen LogP contribution >= 0.6 is 31.9 Å². The maximum absolute atomic E-state index is 12.6. The topological polar surface area (TPSA) is 466 Å². The molecule has 0 aliphatic rings. The minimum Gasteiger partial charge on any atom is -0.508 e. The van der Waals surface area contributed by atoms with E-state index >= 15 is 0 Å². The summed E-state index contributed by atoms with van der Waals surface area (Å²) < 4.78 is 123. The van der Waals surface area contributed by atoms with Gasteiger partial charge in [0.15, 0.2) is 0 Å². The molecule has 9 N–H and O–H groups in total. The van der Waals surface area contributed by atoms with E-state index in [4.69, 9.17) is 30.8 Å². The predicted octanol–water partition coefficient (Wildman–Crippen LogP) is 12.5. The third-order valence-corrected chi connectivity index (χ3v) is 23.9. The molecule has 0 radical (unpaired) electrons. The maximum atomic E-state index is 12.6. The number of tetrazole rings is 4. The number of aromatic hydroxyl groups is 1. The number of nitrogens with two attached hydrogens (primary N) is 2. The van der Waals surface area contributed by atoms with Gasteiger partial charge in [-0.15, -0.1) is 40.8 Å². The van der Waals surface area contributed by atoms with E-state index in [0.717, 1.165) is 51.9 Å². The Morgan fingerprint density at radius 3 is 0.967 bits per heavy atom. The Bertz CT molecular complexity index is 6520. The summed E-state index contributed by atoms with van der Waals surface area (Å²) >= 11 is 6.60. The number of hydrogen-bond donors (Lipinski definition) is 7. The van der Waals surface area contributed by atoms with Crippen molar-refractivity contribution >= 4 is 106 Å². The van der Waals surface area contributed by atoms with Crippen LogP contribution in [0.4, 0.5) is 34.1 Å². The zero-order valence-electron chi connectivity index (χ0n) is 66.9. The molecule has 0 aliphatic carbocycles. The van der Waals surface area contributed by atoms with Crippen LogP contribution in [0.5, 0.6) is 40.2 Å². The number of ether oxygens (including phenoxy) is 3. The fraction of sp³-hybridized carbons (Fsp3) is 0.125. The predicted molar refractivity (Wildman–Crippen MR) is 469 cm³/mol. The minimum atomic E-state index is -3.63. The number of benzene rings is 11. The first-order chi connectivity index (χ1) is 58.2. The molecule has 632 valence electrons. The number of sulfonamides is 4. The molecule has 15 aromatic rings. The highest BCUT2D eigenvalue weighted by molar-refractivity contribution is 9.10. The van der Waals surface area contributed by atoms with E-state index in [0.29, 0.717) is 73.9 Å². The summed E-state index contributed by atoms with van der Waals surface area (Å²) in [5.74, 6) is 5.93. The van der Waals surface area contributed by atoms with Gasteiger partial charge < -0.3 is 41.4 Å². The quantitative estimate of drug-likeness (QED) is 0.0310. The van der Waals surface area contributed by atoms with Gasteiger partial charge in [0.25, 0.3) is 0 Å². The van der Waals surface area contributed by atoms with E-state index in [1.54, 1.807) is 70.7 Å². The summed E-state index contributed by atoms with van der Waals surface area (Å²) in [6.07, 6.45) is 0. The van der Waals surface area contributed by atoms with Gasteiger partial charge in [-0.2, -0.15) is 19.2 Å². The van der Waals surface area contributed by atoms with E-state index in [9.17, 15) is 33.7 Å². The molecule has 11 aromatic carbocycles. The lowest BCUT2D eigenvalue weighted by molar-refractivity contribution is 0.475. The van der Waals surface area contributed by atoms with Crippen LogP contribution in [0, 0.1) is 0 Å². The first-order valence-corrected chi connectivity index (χ1v) is 43.5. The summed E-state index contributed by atoms with van der Waals surface area (Å²) in [6.45, 7) is 0. The number of rotatable bonds is 22. The highest BCUT2D eigenvalue weighted by Crippen LogP contribution is 2.36. The number of aromatic nitrogens is 16. The molecule has 0 saturated heterocycles. The molecule has 0 bridgehead atoms. The van der Waals surface area contributed by atoms with Crippen molar-refractivity contribution in [2.24, 2.45) is 28.2 Å². The molecule has 42 heteroatoms. The number of phenolic OH excluding ortho intramolecular Hbond substituents is 1. The van der Waals surface area contributed by atoms with Crippen LogP contribution in [0.25, 0.3) is 45.6 Å². The summed E-state index contributed by atoms with van der Waals surface area (Å²) in [6, 6.07) is 76.5. The Hall–Kier alpha value is -13.3. The van der Waals surface area contributed by atoms with Crippen molar-refractivity contribution < 1.29 is 53.0 Å². The molecule has 0 spiro atoms. The van der Waals surface area contributed by atoms with E-state index in [2.05, 4.69) is 114 Å². The van der Waals surface area contributed by atoms with Crippen molar-refractivity contribution in [2.45, 2.75) is 19.6 Å². The third-order valence-electron chi connectivity index (χ3n) is 16.5. The average Bonchev–Trinajstić information content (AvgIpc) is 1.35. The third kappa shape index (κ3) is 25.4. The Balaban J connectivity index is 0.000000161. The second-order valence-electron chi connectivity index (χ2n) is 25.8. The number of nitrogens with one attached hydrogen (secondary N) is 4. The smallest absolute Gasteiger partial charge is 0.242 e. The minimum absolute atomic E-state index is 0.0988. The van der Waals surface area contributed by atoms with Gasteiger partial charge in [-0.3, -0.25) is 0 Å². The number of nitrogens with zero attached hydrogens (tertiary/aromatic N) is 18. The fourth-order valence-corrected chi connectivity index (χ4v) is 14.6. The van der Waals surface area contributed by atoms with Gasteiger partial charge in [-0.1, -0.05) is 111 Å². The summed E-state index contributed by atoms with van der Waals surface area (Å²) in [4.78, 5) is 5.65. The number of hydrogen-bond acceptors (Lipinski definition) is 28. The average molecular weight is 1860 g/mol. The standard InChI is InChI=1S/C22H22N6O3S.C21H20N6O3S.C12H9BrO.C10H14N6O2S.C9H12N6O2S.C6H5BrO/c1-27(2)32(29,30)19-12-13-21(20(15-19)22-24-26-28(3)25-22)23-16-8-7-11-18(14-16)31-17-9-5-4-6-10-17;1-22-31(28,29)18-11-12-20(19(14-18)21-24-26-27(2)25-21)23-15-7-6-10-17(13-15)30-16-8-4-3-5-9-16;13-10-5-4-8-12(9-10)14-11-6-2-1-3-7-11;1-15(2)19(17,18)7-4-5-9(11)8(6-7)10-12-14-16(3)13-10;1-11-18(16,17)6-3-4-8(10)7(5-6)9-12-14-15(2)13-9;7-5-2-1-3-6(8)4-5/h4-15,23H,1-3H3;3-14,22-23H,1-2H3;1-9H;4-6H,11H2,1-3H3;3-5,11H,10H2,1-2H3;1-4,8H. The number of phenols is 1. The van der Waals surface area contributed by atoms with Crippen molar-refractivity contribution in [3.63, 3.8) is 0 Å². The molecular weight excluding hydrogens is 1780 g/mol. The van der Waals surface area contributed by atoms with Gasteiger partial charge in [0.1, 0.15) is 40.2 Å². The second-order valence-corrected chi connectivity index (χ2v) is 35.7. The van der Waals surface area contributed by atoms with Crippen LogP contribution in [-0.4, -0.2) is 171 Å². The van der Waals surface area contributed by atoms with Crippen molar-refractivity contribution in [1.82, 2.24) is 98.9 Å². The Labute approximate surface area is 720 Å². The van der Waals surface area contributed by atoms with Crippen LogP contribution in [0.2, 0.25) is 0 Å². The van der Waals surface area contributed by atoms with Crippen LogP contribution in [0.3, 0.4) is 0 Å². The maximum Gasteiger partial charge on any atom is 0.242 e. The first-order valence-electron chi connectivity index (χ1n) is 36.1. The molecule has 122 heavy (non-hydrogen) atoms. The lowest BCUT2D eigenvalue weighted by atomic mass is 10.1. The molecular formula is C80H82Br2N24O12S4. The summed E-state index contributed by atoms with van der Waals surface area (Å²) in [5.41, 5.74) is 17.0. The van der Waals surface area contributed by atoms with Gasteiger partial charge in [0, 0.05) is 106 Å². The number of para-hydroxylation sites is 3. The van der Waals surface area contributed by atoms with Crippen LogP contribution in [0.15, 0.2) is 289 Å². The molecule has 0 unspecified atom stereocenters.